The summed E-state index contributed by atoms with van der Waals surface area (Å²) in [6.07, 6.45) is 3.58. The van der Waals surface area contributed by atoms with E-state index >= 15 is 0 Å². The number of hydrogen-bond donors (Lipinski definition) is 1. The Morgan fingerprint density at radius 2 is 2.06 bits per heavy atom. The molecule has 17 heavy (non-hydrogen) atoms. The zero-order valence-corrected chi connectivity index (χ0v) is 11.4. The zero-order valence-electron chi connectivity index (χ0n) is 10.6. The van der Waals surface area contributed by atoms with Gasteiger partial charge in [-0.15, -0.1) is 16.7 Å². The third kappa shape index (κ3) is 3.12. The minimum atomic E-state index is -0.233. The first-order valence-electron chi connectivity index (χ1n) is 6.30. The van der Waals surface area contributed by atoms with E-state index < -0.39 is 0 Å². The Balaban J connectivity index is 1.92. The molecule has 0 saturated heterocycles. The topological polar surface area (TPSA) is 51.0 Å². The largest absolute Gasteiger partial charge is 0.406 e. The molecule has 2 rings (SSSR count). The van der Waals surface area contributed by atoms with Crippen LogP contribution in [0.1, 0.15) is 51.3 Å². The molecule has 4 atom stereocenters. The quantitative estimate of drug-likeness (QED) is 0.841. The van der Waals surface area contributed by atoms with Crippen molar-refractivity contribution < 1.29 is 4.42 Å². The van der Waals surface area contributed by atoms with Crippen LogP contribution in [0.4, 0.5) is 6.01 Å². The van der Waals surface area contributed by atoms with Crippen LogP contribution in [0.5, 0.6) is 0 Å². The summed E-state index contributed by atoms with van der Waals surface area (Å²) in [4.78, 5) is 0. The maximum Gasteiger partial charge on any atom is 0.315 e. The summed E-state index contributed by atoms with van der Waals surface area (Å²) in [5.41, 5.74) is 0. The van der Waals surface area contributed by atoms with Gasteiger partial charge in [-0.2, -0.15) is 0 Å². The molecule has 0 amide bonds. The van der Waals surface area contributed by atoms with Crippen molar-refractivity contribution in [3.8, 4) is 0 Å². The smallest absolute Gasteiger partial charge is 0.315 e. The van der Waals surface area contributed by atoms with Crippen molar-refractivity contribution in [2.75, 3.05) is 5.32 Å². The van der Waals surface area contributed by atoms with E-state index in [9.17, 15) is 0 Å². The SMILES string of the molecule is CC(Cl)c1nnc(NC2CCC(C)C(C)C2)o1. The molecule has 4 nitrogen and oxygen atoms in total. The minimum absolute atomic E-state index is 0.233. The van der Waals surface area contributed by atoms with Crippen molar-refractivity contribution in [2.24, 2.45) is 11.8 Å². The first-order chi connectivity index (χ1) is 8.06. The number of nitrogens with one attached hydrogen (secondary N) is 1. The normalized spacial score (nSPS) is 31.2. The molecule has 1 aliphatic carbocycles. The summed E-state index contributed by atoms with van der Waals surface area (Å²) >= 11 is 5.88. The molecule has 0 radical (unpaired) electrons. The maximum atomic E-state index is 5.88. The van der Waals surface area contributed by atoms with Gasteiger partial charge in [0.25, 0.3) is 0 Å². The highest BCUT2D eigenvalue weighted by atomic mass is 35.5. The van der Waals surface area contributed by atoms with E-state index in [-0.39, 0.29) is 5.38 Å². The molecule has 5 heteroatoms. The number of alkyl halides is 1. The van der Waals surface area contributed by atoms with Crippen LogP contribution in [0.15, 0.2) is 4.42 Å². The molecule has 4 unspecified atom stereocenters. The monoisotopic (exact) mass is 257 g/mol. The van der Waals surface area contributed by atoms with Crippen molar-refractivity contribution >= 4 is 17.6 Å². The molecule has 1 fully saturated rings. The first kappa shape index (κ1) is 12.7. The Kier molecular flexibility index (Phi) is 3.92. The summed E-state index contributed by atoms with van der Waals surface area (Å²) in [7, 11) is 0. The number of aromatic nitrogens is 2. The van der Waals surface area contributed by atoms with Gasteiger partial charge in [0.05, 0.1) is 0 Å². The van der Waals surface area contributed by atoms with Crippen molar-refractivity contribution in [2.45, 2.75) is 51.5 Å². The molecule has 1 aliphatic rings. The van der Waals surface area contributed by atoms with Crippen molar-refractivity contribution in [3.05, 3.63) is 5.89 Å². The summed E-state index contributed by atoms with van der Waals surface area (Å²) in [6.45, 7) is 6.45. The second-order valence-electron chi connectivity index (χ2n) is 5.17. The molecule has 0 aromatic carbocycles. The van der Waals surface area contributed by atoms with Gasteiger partial charge in [0.1, 0.15) is 5.38 Å². The molecular weight excluding hydrogens is 238 g/mol. The number of hydrogen-bond acceptors (Lipinski definition) is 4. The predicted molar refractivity (Wildman–Crippen MR) is 68.2 cm³/mol. The van der Waals surface area contributed by atoms with Gasteiger partial charge in [-0.05, 0) is 38.0 Å². The Labute approximate surface area is 107 Å². The zero-order chi connectivity index (χ0) is 12.4. The van der Waals surface area contributed by atoms with Crippen LogP contribution in [0.3, 0.4) is 0 Å². The van der Waals surface area contributed by atoms with E-state index in [1.165, 1.54) is 12.8 Å². The van der Waals surface area contributed by atoms with Crippen LogP contribution in [-0.4, -0.2) is 16.2 Å². The van der Waals surface area contributed by atoms with Crippen LogP contribution < -0.4 is 5.32 Å². The lowest BCUT2D eigenvalue weighted by Gasteiger charge is -2.31. The minimum Gasteiger partial charge on any atom is -0.406 e. The van der Waals surface area contributed by atoms with Gasteiger partial charge in [-0.25, -0.2) is 0 Å². The van der Waals surface area contributed by atoms with E-state index in [1.54, 1.807) is 0 Å². The first-order valence-corrected chi connectivity index (χ1v) is 6.74. The maximum absolute atomic E-state index is 5.88. The van der Waals surface area contributed by atoms with Crippen molar-refractivity contribution in [1.82, 2.24) is 10.2 Å². The summed E-state index contributed by atoms with van der Waals surface area (Å²) in [6, 6.07) is 0.944. The lowest BCUT2D eigenvalue weighted by Crippen LogP contribution is -2.30. The number of rotatable bonds is 3. The lowest BCUT2D eigenvalue weighted by molar-refractivity contribution is 0.258. The highest BCUT2D eigenvalue weighted by molar-refractivity contribution is 6.20. The highest BCUT2D eigenvalue weighted by Crippen LogP contribution is 2.31. The Hall–Kier alpha value is -0.770. The molecule has 0 bridgehead atoms. The average molecular weight is 258 g/mol. The summed E-state index contributed by atoms with van der Waals surface area (Å²) in [5, 5.41) is 10.9. The Morgan fingerprint density at radius 1 is 1.29 bits per heavy atom. The highest BCUT2D eigenvalue weighted by Gasteiger charge is 2.25. The fourth-order valence-electron chi connectivity index (χ4n) is 2.31. The number of anilines is 1. The van der Waals surface area contributed by atoms with Gasteiger partial charge >= 0.3 is 6.01 Å². The van der Waals surface area contributed by atoms with Crippen molar-refractivity contribution in [3.63, 3.8) is 0 Å². The third-order valence-electron chi connectivity index (χ3n) is 3.71. The summed E-state index contributed by atoms with van der Waals surface area (Å²) < 4.78 is 5.44. The van der Waals surface area contributed by atoms with Gasteiger partial charge < -0.3 is 9.73 Å². The Bertz CT molecular complexity index is 366. The van der Waals surface area contributed by atoms with Gasteiger partial charge in [0.15, 0.2) is 0 Å². The van der Waals surface area contributed by atoms with E-state index in [0.29, 0.717) is 17.9 Å². The molecule has 0 spiro atoms. The summed E-state index contributed by atoms with van der Waals surface area (Å²) in [5.74, 6) is 2.04. The predicted octanol–water partition coefficient (Wildman–Crippen LogP) is 3.61. The third-order valence-corrected chi connectivity index (χ3v) is 3.89. The average Bonchev–Trinajstić information content (AvgIpc) is 2.72. The van der Waals surface area contributed by atoms with Crippen LogP contribution in [0, 0.1) is 11.8 Å². The van der Waals surface area contributed by atoms with Gasteiger partial charge in [-0.1, -0.05) is 18.9 Å². The van der Waals surface area contributed by atoms with Crippen LogP contribution in [0.25, 0.3) is 0 Å². The molecule has 1 saturated carbocycles. The van der Waals surface area contributed by atoms with Crippen LogP contribution in [-0.2, 0) is 0 Å². The standard InChI is InChI=1S/C12H20ClN3O/c1-7-4-5-10(6-8(7)2)14-12-16-15-11(17-12)9(3)13/h7-10H,4-6H2,1-3H3,(H,14,16). The number of nitrogens with zero attached hydrogens (tertiary/aromatic N) is 2. The second kappa shape index (κ2) is 5.25. The van der Waals surface area contributed by atoms with Gasteiger partial charge in [0.2, 0.25) is 5.89 Å². The molecule has 1 aromatic heterocycles. The van der Waals surface area contributed by atoms with Crippen molar-refractivity contribution in [1.29, 1.82) is 0 Å². The van der Waals surface area contributed by atoms with Crippen LogP contribution in [0.2, 0.25) is 0 Å². The molecule has 0 aliphatic heterocycles. The molecular formula is C12H20ClN3O. The van der Waals surface area contributed by atoms with Crippen LogP contribution >= 0.6 is 11.6 Å². The van der Waals surface area contributed by atoms with E-state index in [2.05, 4.69) is 29.4 Å². The van der Waals surface area contributed by atoms with E-state index in [1.807, 2.05) is 6.92 Å². The van der Waals surface area contributed by atoms with E-state index in [4.69, 9.17) is 16.0 Å². The van der Waals surface area contributed by atoms with Gasteiger partial charge in [-0.3, -0.25) is 0 Å². The fraction of sp³-hybridized carbons (Fsp3) is 0.833. The van der Waals surface area contributed by atoms with E-state index in [0.717, 1.165) is 18.3 Å². The lowest BCUT2D eigenvalue weighted by atomic mass is 9.79. The number of halogens is 1. The second-order valence-corrected chi connectivity index (χ2v) is 5.82. The fourth-order valence-corrected chi connectivity index (χ4v) is 2.40. The Morgan fingerprint density at radius 3 is 2.65 bits per heavy atom. The van der Waals surface area contributed by atoms with Gasteiger partial charge in [0, 0.05) is 6.04 Å². The molecule has 1 heterocycles. The molecule has 96 valence electrons. The molecule has 1 aromatic rings. The molecule has 1 N–H and O–H groups in total.